The number of carbonyl (C=O) groups is 3. The zero-order valence-corrected chi connectivity index (χ0v) is 10.2. The number of nitrogens with one attached hydrogen (secondary N) is 1. The summed E-state index contributed by atoms with van der Waals surface area (Å²) in [7, 11) is 1.51. The topological polar surface area (TPSA) is 66.5 Å². The molecule has 1 fully saturated rings. The van der Waals surface area contributed by atoms with Crippen molar-refractivity contribution in [2.45, 2.75) is 12.0 Å². The van der Waals surface area contributed by atoms with Crippen molar-refractivity contribution in [2.75, 3.05) is 7.05 Å². The number of likely N-dealkylation sites (N-methyl/N-ethyl adjacent to an activating group) is 1. The van der Waals surface area contributed by atoms with Gasteiger partial charge in [-0.15, -0.1) is 0 Å². The molecule has 1 aromatic rings. The summed E-state index contributed by atoms with van der Waals surface area (Å²) in [4.78, 5) is 37.0. The summed E-state index contributed by atoms with van der Waals surface area (Å²) in [5.74, 6) is -1.18. The van der Waals surface area contributed by atoms with Crippen molar-refractivity contribution < 1.29 is 14.4 Å². The van der Waals surface area contributed by atoms with Crippen molar-refractivity contribution in [1.29, 1.82) is 0 Å². The van der Waals surface area contributed by atoms with Crippen LogP contribution in [0.15, 0.2) is 18.2 Å². The van der Waals surface area contributed by atoms with Gasteiger partial charge < -0.3 is 4.90 Å². The Hall–Kier alpha value is -1.88. The van der Waals surface area contributed by atoms with E-state index in [0.29, 0.717) is 16.1 Å². The number of benzene rings is 1. The lowest BCUT2D eigenvalue weighted by atomic mass is 9.88. The highest BCUT2D eigenvalue weighted by molar-refractivity contribution is 6.35. The number of amides is 3. The average molecular weight is 265 g/mol. The number of rotatable bonds is 0. The number of hydrogen-bond acceptors (Lipinski definition) is 3. The van der Waals surface area contributed by atoms with E-state index in [1.165, 1.54) is 11.9 Å². The number of carbonyl (C=O) groups excluding carboxylic acids is 3. The molecular formula is C12H9ClN2O3. The van der Waals surface area contributed by atoms with Crippen LogP contribution in [-0.2, 0) is 15.1 Å². The van der Waals surface area contributed by atoms with Crippen molar-refractivity contribution in [3.8, 4) is 0 Å². The Kier molecular flexibility index (Phi) is 2.07. The molecule has 92 valence electrons. The molecule has 1 atom stereocenters. The van der Waals surface area contributed by atoms with E-state index in [2.05, 4.69) is 5.32 Å². The predicted molar refractivity (Wildman–Crippen MR) is 63.0 cm³/mol. The van der Waals surface area contributed by atoms with Crippen LogP contribution in [-0.4, -0.2) is 29.7 Å². The van der Waals surface area contributed by atoms with Crippen molar-refractivity contribution >= 4 is 29.3 Å². The van der Waals surface area contributed by atoms with E-state index in [9.17, 15) is 14.4 Å². The zero-order valence-electron chi connectivity index (χ0n) is 9.49. The van der Waals surface area contributed by atoms with Gasteiger partial charge in [-0.05, 0) is 6.07 Å². The van der Waals surface area contributed by atoms with Crippen molar-refractivity contribution in [3.05, 3.63) is 34.3 Å². The van der Waals surface area contributed by atoms with Crippen LogP contribution in [0.1, 0.15) is 22.3 Å². The van der Waals surface area contributed by atoms with Gasteiger partial charge in [0, 0.05) is 12.6 Å². The molecule has 2 aliphatic rings. The number of fused-ring (bicyclic) bond motifs is 2. The molecule has 1 unspecified atom stereocenters. The second-order valence-electron chi connectivity index (χ2n) is 4.44. The maximum Gasteiger partial charge on any atom is 0.257 e. The number of imide groups is 1. The Bertz CT molecular complexity index is 613. The number of nitrogens with zero attached hydrogens (tertiary/aromatic N) is 1. The van der Waals surface area contributed by atoms with Crippen LogP contribution in [0.2, 0.25) is 5.02 Å². The number of hydrogen-bond donors (Lipinski definition) is 1. The van der Waals surface area contributed by atoms with E-state index in [0.717, 1.165) is 0 Å². The third-order valence-electron chi connectivity index (χ3n) is 3.60. The first-order valence-corrected chi connectivity index (χ1v) is 5.77. The molecule has 0 radical (unpaired) electrons. The zero-order chi connectivity index (χ0) is 13.1. The van der Waals surface area contributed by atoms with E-state index < -0.39 is 11.4 Å². The van der Waals surface area contributed by atoms with Crippen LogP contribution in [0.3, 0.4) is 0 Å². The molecule has 0 aliphatic carbocycles. The lowest BCUT2D eigenvalue weighted by Gasteiger charge is -2.28. The van der Waals surface area contributed by atoms with Gasteiger partial charge in [-0.25, -0.2) is 0 Å². The smallest absolute Gasteiger partial charge is 0.257 e. The normalized spacial score (nSPS) is 25.9. The summed E-state index contributed by atoms with van der Waals surface area (Å²) >= 11 is 6.01. The monoisotopic (exact) mass is 264 g/mol. The van der Waals surface area contributed by atoms with Gasteiger partial charge in [0.05, 0.1) is 17.0 Å². The van der Waals surface area contributed by atoms with Gasteiger partial charge in [0.1, 0.15) is 0 Å². The second kappa shape index (κ2) is 3.32. The van der Waals surface area contributed by atoms with E-state index >= 15 is 0 Å². The molecule has 3 amide bonds. The van der Waals surface area contributed by atoms with Crippen molar-refractivity contribution in [3.63, 3.8) is 0 Å². The molecular weight excluding hydrogens is 256 g/mol. The van der Waals surface area contributed by atoms with E-state index in [1.54, 1.807) is 18.2 Å². The predicted octanol–water partition coefficient (Wildman–Crippen LogP) is 0.667. The lowest BCUT2D eigenvalue weighted by molar-refractivity contribution is -0.128. The molecule has 1 spiro atoms. The first kappa shape index (κ1) is 11.2. The van der Waals surface area contributed by atoms with Gasteiger partial charge in [-0.2, -0.15) is 0 Å². The molecule has 2 heterocycles. The SMILES string of the molecule is CN1C(=O)c2c(Cl)cccc2C12CC(=O)NC2=O. The van der Waals surface area contributed by atoms with E-state index in [1.807, 2.05) is 0 Å². The van der Waals surface area contributed by atoms with E-state index in [4.69, 9.17) is 11.6 Å². The first-order valence-electron chi connectivity index (χ1n) is 5.40. The minimum atomic E-state index is -1.23. The minimum absolute atomic E-state index is 0.0542. The first-order chi connectivity index (χ1) is 8.48. The summed E-state index contributed by atoms with van der Waals surface area (Å²) in [6.45, 7) is 0. The molecule has 3 rings (SSSR count). The summed E-state index contributed by atoms with van der Waals surface area (Å²) in [5.41, 5.74) is -0.411. The van der Waals surface area contributed by atoms with Gasteiger partial charge >= 0.3 is 0 Å². The summed E-state index contributed by atoms with van der Waals surface area (Å²) in [6, 6.07) is 4.94. The summed E-state index contributed by atoms with van der Waals surface area (Å²) in [6.07, 6.45) is -0.0542. The van der Waals surface area contributed by atoms with Gasteiger partial charge in [-0.1, -0.05) is 23.7 Å². The lowest BCUT2D eigenvalue weighted by Crippen LogP contribution is -2.46. The highest BCUT2D eigenvalue weighted by Gasteiger charge is 2.58. The summed E-state index contributed by atoms with van der Waals surface area (Å²) < 4.78 is 0. The average Bonchev–Trinajstić information content (AvgIpc) is 2.72. The highest BCUT2D eigenvalue weighted by Crippen LogP contribution is 2.45. The molecule has 18 heavy (non-hydrogen) atoms. The van der Waals surface area contributed by atoms with Gasteiger partial charge in [0.25, 0.3) is 11.8 Å². The highest BCUT2D eigenvalue weighted by atomic mass is 35.5. The molecule has 0 bridgehead atoms. The second-order valence-corrected chi connectivity index (χ2v) is 4.85. The Labute approximate surface area is 108 Å². The molecule has 5 nitrogen and oxygen atoms in total. The molecule has 6 heteroatoms. The van der Waals surface area contributed by atoms with Crippen LogP contribution < -0.4 is 5.32 Å². The van der Waals surface area contributed by atoms with Gasteiger partial charge in [-0.3, -0.25) is 19.7 Å². The van der Waals surface area contributed by atoms with Crippen LogP contribution in [0.4, 0.5) is 0 Å². The Balaban J connectivity index is 2.32. The Morgan fingerprint density at radius 2 is 2.06 bits per heavy atom. The molecule has 2 aliphatic heterocycles. The maximum atomic E-state index is 12.2. The van der Waals surface area contributed by atoms with Crippen LogP contribution in [0.25, 0.3) is 0 Å². The van der Waals surface area contributed by atoms with Crippen molar-refractivity contribution in [2.24, 2.45) is 0 Å². The molecule has 0 saturated carbocycles. The summed E-state index contributed by atoms with van der Waals surface area (Å²) in [5, 5.41) is 2.55. The maximum absolute atomic E-state index is 12.2. The molecule has 0 aromatic heterocycles. The Morgan fingerprint density at radius 1 is 1.33 bits per heavy atom. The third-order valence-corrected chi connectivity index (χ3v) is 3.91. The number of halogens is 1. The fourth-order valence-corrected chi connectivity index (χ4v) is 2.94. The van der Waals surface area contributed by atoms with Crippen LogP contribution in [0.5, 0.6) is 0 Å². The van der Waals surface area contributed by atoms with E-state index in [-0.39, 0.29) is 18.2 Å². The quantitative estimate of drug-likeness (QED) is 0.701. The van der Waals surface area contributed by atoms with Crippen LogP contribution in [0, 0.1) is 0 Å². The largest absolute Gasteiger partial charge is 0.323 e. The molecule has 1 aromatic carbocycles. The molecule has 1 saturated heterocycles. The fourth-order valence-electron chi connectivity index (χ4n) is 2.68. The standard InChI is InChI=1S/C12H9ClN2O3/c1-15-10(17)9-6(3-2-4-7(9)13)12(15)5-8(16)14-11(12)18/h2-4H,5H2,1H3,(H,14,16,18). The van der Waals surface area contributed by atoms with Gasteiger partial charge in [0.15, 0.2) is 5.54 Å². The third kappa shape index (κ3) is 1.09. The molecule has 1 N–H and O–H groups in total. The van der Waals surface area contributed by atoms with Gasteiger partial charge in [0.2, 0.25) is 5.91 Å². The van der Waals surface area contributed by atoms with Crippen molar-refractivity contribution in [1.82, 2.24) is 10.2 Å². The Morgan fingerprint density at radius 3 is 2.67 bits per heavy atom. The fraction of sp³-hybridized carbons (Fsp3) is 0.250. The van der Waals surface area contributed by atoms with Crippen LogP contribution >= 0.6 is 11.6 Å². The minimum Gasteiger partial charge on any atom is -0.323 e.